The summed E-state index contributed by atoms with van der Waals surface area (Å²) >= 11 is 0. The molecule has 0 unspecified atom stereocenters. The number of aromatic hydroxyl groups is 4. The van der Waals surface area contributed by atoms with Crippen molar-refractivity contribution in [1.29, 1.82) is 0 Å². The maximum absolute atomic E-state index is 12.4. The van der Waals surface area contributed by atoms with Crippen molar-refractivity contribution >= 4 is 17.7 Å². The first kappa shape index (κ1) is 30.2. The van der Waals surface area contributed by atoms with Crippen LogP contribution in [-0.2, 0) is 4.79 Å². The number of nitrogens with one attached hydrogen (secondary N) is 5. The molecule has 208 valence electrons. The standard InChI is InChI=1S/C25H35N5O8/c1-15(31)20(30-24(37)17-6-3-8-19(33)22(17)35)25(38)29-14-12-27-10-4-9-26-11-13-28-23(36)16-5-2-7-18(32)21(16)34/h2-3,5-8,15,20,26-27,31-35H,4,9-14H2,1H3,(H,28,36)(H,29,38)(H,30,37)/t15-,20+/m1/s1. The molecule has 0 aromatic heterocycles. The Labute approximate surface area is 219 Å². The van der Waals surface area contributed by atoms with E-state index in [-0.39, 0.29) is 23.4 Å². The van der Waals surface area contributed by atoms with E-state index in [1.807, 2.05) is 0 Å². The number of phenolic OH excluding ortho intramolecular Hbond substituents is 4. The van der Waals surface area contributed by atoms with Gasteiger partial charge in [-0.05, 0) is 50.7 Å². The van der Waals surface area contributed by atoms with Gasteiger partial charge in [0.05, 0.1) is 17.2 Å². The molecule has 2 aromatic carbocycles. The number of carbonyl (C=O) groups is 3. The fraction of sp³-hybridized carbons (Fsp3) is 0.400. The van der Waals surface area contributed by atoms with Gasteiger partial charge in [0.25, 0.3) is 11.8 Å². The first-order valence-corrected chi connectivity index (χ1v) is 12.1. The molecule has 0 aliphatic carbocycles. The third-order valence-electron chi connectivity index (χ3n) is 5.47. The van der Waals surface area contributed by atoms with Crippen LogP contribution in [0.4, 0.5) is 0 Å². The van der Waals surface area contributed by atoms with E-state index in [2.05, 4.69) is 26.6 Å². The first-order valence-electron chi connectivity index (χ1n) is 12.1. The molecule has 0 radical (unpaired) electrons. The number of hydrogen-bond donors (Lipinski definition) is 10. The van der Waals surface area contributed by atoms with Gasteiger partial charge in [0, 0.05) is 26.2 Å². The summed E-state index contributed by atoms with van der Waals surface area (Å²) in [5.41, 5.74) is -0.226. The van der Waals surface area contributed by atoms with E-state index in [0.29, 0.717) is 32.7 Å². The quantitative estimate of drug-likeness (QED) is 0.101. The number of amides is 3. The SMILES string of the molecule is C[C@@H](O)[C@H](NC(=O)c1cccc(O)c1O)C(=O)NCCNCCCNCCNC(=O)c1cccc(O)c1O. The van der Waals surface area contributed by atoms with Gasteiger partial charge in [-0.1, -0.05) is 12.1 Å². The smallest absolute Gasteiger partial charge is 0.255 e. The molecule has 0 aliphatic rings. The minimum absolute atomic E-state index is 0.000724. The molecule has 0 fully saturated rings. The summed E-state index contributed by atoms with van der Waals surface area (Å²) in [6, 6.07) is 6.76. The van der Waals surface area contributed by atoms with E-state index in [9.17, 15) is 39.9 Å². The summed E-state index contributed by atoms with van der Waals surface area (Å²) in [4.78, 5) is 36.8. The number of benzene rings is 2. The highest BCUT2D eigenvalue weighted by molar-refractivity contribution is 6.00. The molecule has 2 rings (SSSR count). The Morgan fingerprint density at radius 3 is 1.74 bits per heavy atom. The van der Waals surface area contributed by atoms with Crippen LogP contribution in [0.1, 0.15) is 34.1 Å². The molecule has 0 aliphatic heterocycles. The van der Waals surface area contributed by atoms with Crippen LogP contribution in [0.2, 0.25) is 0 Å². The molecule has 2 atom stereocenters. The molecule has 0 bridgehead atoms. The Balaban J connectivity index is 1.57. The highest BCUT2D eigenvalue weighted by Gasteiger charge is 2.27. The van der Waals surface area contributed by atoms with Crippen molar-refractivity contribution in [2.24, 2.45) is 0 Å². The summed E-state index contributed by atoms with van der Waals surface area (Å²) in [6.45, 7) is 4.21. The molecule has 13 heteroatoms. The van der Waals surface area contributed by atoms with Gasteiger partial charge < -0.3 is 52.1 Å². The average Bonchev–Trinajstić information content (AvgIpc) is 2.88. The zero-order valence-corrected chi connectivity index (χ0v) is 21.0. The Morgan fingerprint density at radius 2 is 1.21 bits per heavy atom. The van der Waals surface area contributed by atoms with Gasteiger partial charge in [0.2, 0.25) is 5.91 Å². The minimum Gasteiger partial charge on any atom is -0.504 e. The van der Waals surface area contributed by atoms with Crippen molar-refractivity contribution in [3.8, 4) is 23.0 Å². The largest absolute Gasteiger partial charge is 0.504 e. The van der Waals surface area contributed by atoms with Crippen LogP contribution in [0.5, 0.6) is 23.0 Å². The number of phenols is 4. The van der Waals surface area contributed by atoms with Crippen LogP contribution in [-0.4, -0.2) is 94.7 Å². The number of para-hydroxylation sites is 2. The number of carbonyl (C=O) groups excluding carboxylic acids is 3. The van der Waals surface area contributed by atoms with Crippen molar-refractivity contribution in [3.63, 3.8) is 0 Å². The third kappa shape index (κ3) is 9.10. The molecular weight excluding hydrogens is 498 g/mol. The molecule has 13 nitrogen and oxygen atoms in total. The van der Waals surface area contributed by atoms with Gasteiger partial charge in [-0.25, -0.2) is 0 Å². The maximum atomic E-state index is 12.4. The molecule has 38 heavy (non-hydrogen) atoms. The highest BCUT2D eigenvalue weighted by atomic mass is 16.3. The van der Waals surface area contributed by atoms with E-state index < -0.39 is 47.1 Å². The van der Waals surface area contributed by atoms with Crippen LogP contribution >= 0.6 is 0 Å². The van der Waals surface area contributed by atoms with Crippen molar-refractivity contribution in [3.05, 3.63) is 47.5 Å². The van der Waals surface area contributed by atoms with Crippen LogP contribution < -0.4 is 26.6 Å². The minimum atomic E-state index is -1.26. The normalized spacial score (nSPS) is 12.4. The second kappa shape index (κ2) is 15.2. The lowest BCUT2D eigenvalue weighted by molar-refractivity contribution is -0.125. The number of aliphatic hydroxyl groups is 1. The summed E-state index contributed by atoms with van der Waals surface area (Å²) in [7, 11) is 0. The Bertz CT molecular complexity index is 1100. The van der Waals surface area contributed by atoms with E-state index in [1.54, 1.807) is 0 Å². The molecule has 0 heterocycles. The predicted octanol–water partition coefficient (Wildman–Crippen LogP) is -0.896. The third-order valence-corrected chi connectivity index (χ3v) is 5.47. The molecular formula is C25H35N5O8. The summed E-state index contributed by atoms with van der Waals surface area (Å²) in [6.07, 6.45) is -0.428. The van der Waals surface area contributed by atoms with E-state index in [4.69, 9.17) is 0 Å². The summed E-state index contributed by atoms with van der Waals surface area (Å²) < 4.78 is 0. The molecule has 10 N–H and O–H groups in total. The van der Waals surface area contributed by atoms with Crippen LogP contribution in [0, 0.1) is 0 Å². The molecule has 0 saturated heterocycles. The summed E-state index contributed by atoms with van der Waals surface area (Å²) in [5.74, 6) is -3.82. The zero-order chi connectivity index (χ0) is 28.1. The lowest BCUT2D eigenvalue weighted by atomic mass is 10.1. The summed E-state index contributed by atoms with van der Waals surface area (Å²) in [5, 5.41) is 62.4. The Kier molecular flexibility index (Phi) is 12.1. The number of aliphatic hydroxyl groups excluding tert-OH is 1. The molecule has 0 spiro atoms. The van der Waals surface area contributed by atoms with E-state index in [1.165, 1.54) is 43.3 Å². The predicted molar refractivity (Wildman–Crippen MR) is 138 cm³/mol. The topological polar surface area (TPSA) is 213 Å². The van der Waals surface area contributed by atoms with Gasteiger partial charge in [-0.3, -0.25) is 14.4 Å². The van der Waals surface area contributed by atoms with Gasteiger partial charge in [-0.2, -0.15) is 0 Å². The van der Waals surface area contributed by atoms with Crippen molar-refractivity contribution in [2.45, 2.75) is 25.5 Å². The molecule has 2 aromatic rings. The second-order valence-electron chi connectivity index (χ2n) is 8.44. The van der Waals surface area contributed by atoms with Gasteiger partial charge in [0.1, 0.15) is 6.04 Å². The first-order chi connectivity index (χ1) is 18.1. The number of hydrogen-bond acceptors (Lipinski definition) is 10. The van der Waals surface area contributed by atoms with Crippen molar-refractivity contribution < 1.29 is 39.9 Å². The lowest BCUT2D eigenvalue weighted by Crippen LogP contribution is -2.53. The highest BCUT2D eigenvalue weighted by Crippen LogP contribution is 2.28. The van der Waals surface area contributed by atoms with Crippen molar-refractivity contribution in [2.75, 3.05) is 39.3 Å². The fourth-order valence-electron chi connectivity index (χ4n) is 3.39. The van der Waals surface area contributed by atoms with Gasteiger partial charge >= 0.3 is 0 Å². The van der Waals surface area contributed by atoms with Crippen molar-refractivity contribution in [1.82, 2.24) is 26.6 Å². The Morgan fingerprint density at radius 1 is 0.711 bits per heavy atom. The van der Waals surface area contributed by atoms with E-state index in [0.717, 1.165) is 6.42 Å². The average molecular weight is 534 g/mol. The second-order valence-corrected chi connectivity index (χ2v) is 8.44. The monoisotopic (exact) mass is 533 g/mol. The fourth-order valence-corrected chi connectivity index (χ4v) is 3.39. The van der Waals surface area contributed by atoms with Gasteiger partial charge in [-0.15, -0.1) is 0 Å². The maximum Gasteiger partial charge on any atom is 0.255 e. The van der Waals surface area contributed by atoms with Crippen LogP contribution in [0.15, 0.2) is 36.4 Å². The lowest BCUT2D eigenvalue weighted by Gasteiger charge is -2.21. The molecule has 0 saturated carbocycles. The van der Waals surface area contributed by atoms with Gasteiger partial charge in [0.15, 0.2) is 23.0 Å². The molecule has 3 amide bonds. The zero-order valence-electron chi connectivity index (χ0n) is 21.0. The number of rotatable bonds is 15. The van der Waals surface area contributed by atoms with E-state index >= 15 is 0 Å². The Hall–Kier alpha value is -4.07. The van der Waals surface area contributed by atoms with Crippen LogP contribution in [0.25, 0.3) is 0 Å². The van der Waals surface area contributed by atoms with Crippen LogP contribution in [0.3, 0.4) is 0 Å².